The maximum absolute atomic E-state index is 11.0. The van der Waals surface area contributed by atoms with Gasteiger partial charge in [-0.05, 0) is 38.2 Å². The fraction of sp³-hybridized carbons (Fsp3) is 0.500. The number of rotatable bonds is 8. The van der Waals surface area contributed by atoms with Crippen LogP contribution in [0.3, 0.4) is 0 Å². The highest BCUT2D eigenvalue weighted by molar-refractivity contribution is 5.77. The predicted octanol–water partition coefficient (Wildman–Crippen LogP) is 0.592. The molecule has 19 heavy (non-hydrogen) atoms. The van der Waals surface area contributed by atoms with Gasteiger partial charge in [0, 0.05) is 13.1 Å². The molecule has 1 aromatic rings. The van der Waals surface area contributed by atoms with Crippen molar-refractivity contribution < 1.29 is 9.53 Å². The van der Waals surface area contributed by atoms with Crippen molar-refractivity contribution in [2.75, 3.05) is 33.8 Å². The number of benzene rings is 1. The molecular formula is C14H23N3O2. The Morgan fingerprint density at radius 3 is 2.58 bits per heavy atom. The first-order valence-electron chi connectivity index (χ1n) is 6.45. The van der Waals surface area contributed by atoms with Gasteiger partial charge in [-0.25, -0.2) is 0 Å². The Kier molecular flexibility index (Phi) is 6.92. The maximum Gasteiger partial charge on any atom is 0.234 e. The van der Waals surface area contributed by atoms with Gasteiger partial charge in [-0.3, -0.25) is 4.79 Å². The van der Waals surface area contributed by atoms with Crippen LogP contribution >= 0.6 is 0 Å². The molecule has 0 aliphatic carbocycles. The molecule has 0 aromatic heterocycles. The van der Waals surface area contributed by atoms with Crippen molar-refractivity contribution in [3.8, 4) is 5.75 Å². The van der Waals surface area contributed by atoms with Crippen LogP contribution in [-0.4, -0.2) is 44.6 Å². The molecule has 5 nitrogen and oxygen atoms in total. The standard InChI is InChI=1S/C14H23N3O2/c1-17(2)8-3-9-19-13-6-4-12(5-7-13)11-16-14(18)10-15/h4-7H,3,8-11,15H2,1-2H3,(H,16,18). The summed E-state index contributed by atoms with van der Waals surface area (Å²) in [4.78, 5) is 13.1. The zero-order valence-electron chi connectivity index (χ0n) is 11.7. The smallest absolute Gasteiger partial charge is 0.234 e. The van der Waals surface area contributed by atoms with Gasteiger partial charge in [-0.15, -0.1) is 0 Å². The van der Waals surface area contributed by atoms with E-state index in [-0.39, 0.29) is 12.5 Å². The lowest BCUT2D eigenvalue weighted by Crippen LogP contribution is -2.29. The first kappa shape index (κ1) is 15.5. The van der Waals surface area contributed by atoms with E-state index < -0.39 is 0 Å². The third kappa shape index (κ3) is 6.79. The molecule has 3 N–H and O–H groups in total. The SMILES string of the molecule is CN(C)CCCOc1ccc(CNC(=O)CN)cc1. The molecule has 0 saturated carbocycles. The van der Waals surface area contributed by atoms with Crippen LogP contribution in [0.4, 0.5) is 0 Å². The van der Waals surface area contributed by atoms with E-state index in [0.717, 1.165) is 24.3 Å². The van der Waals surface area contributed by atoms with E-state index in [1.807, 2.05) is 38.4 Å². The molecule has 1 amide bonds. The first-order chi connectivity index (χ1) is 9.11. The van der Waals surface area contributed by atoms with Crippen molar-refractivity contribution in [3.63, 3.8) is 0 Å². The fourth-order valence-corrected chi connectivity index (χ4v) is 1.55. The Labute approximate surface area is 114 Å². The topological polar surface area (TPSA) is 67.6 Å². The van der Waals surface area contributed by atoms with Crippen molar-refractivity contribution in [1.29, 1.82) is 0 Å². The summed E-state index contributed by atoms with van der Waals surface area (Å²) in [6, 6.07) is 7.72. The minimum absolute atomic E-state index is 0.0209. The second kappa shape index (κ2) is 8.50. The molecule has 0 unspecified atom stereocenters. The summed E-state index contributed by atoms with van der Waals surface area (Å²) in [6.45, 7) is 2.24. The summed E-state index contributed by atoms with van der Waals surface area (Å²) in [5.74, 6) is 0.705. The van der Waals surface area contributed by atoms with E-state index in [1.165, 1.54) is 0 Å². The van der Waals surface area contributed by atoms with Crippen LogP contribution in [0, 0.1) is 0 Å². The largest absolute Gasteiger partial charge is 0.494 e. The molecular weight excluding hydrogens is 242 g/mol. The van der Waals surface area contributed by atoms with Crippen molar-refractivity contribution in [2.45, 2.75) is 13.0 Å². The Balaban J connectivity index is 2.29. The number of carbonyl (C=O) groups is 1. The molecule has 0 radical (unpaired) electrons. The molecule has 0 bridgehead atoms. The Bertz CT molecular complexity index is 377. The third-order valence-electron chi connectivity index (χ3n) is 2.62. The van der Waals surface area contributed by atoms with Gasteiger partial charge < -0.3 is 20.7 Å². The molecule has 0 aliphatic rings. The lowest BCUT2D eigenvalue weighted by molar-refractivity contribution is -0.119. The minimum atomic E-state index is -0.149. The number of nitrogens with two attached hydrogens (primary N) is 1. The normalized spacial score (nSPS) is 10.5. The summed E-state index contributed by atoms with van der Waals surface area (Å²) in [6.07, 6.45) is 1.00. The van der Waals surface area contributed by atoms with Gasteiger partial charge in [0.25, 0.3) is 0 Å². The quantitative estimate of drug-likeness (QED) is 0.675. The van der Waals surface area contributed by atoms with Crippen LogP contribution in [0.5, 0.6) is 5.75 Å². The second-order valence-corrected chi connectivity index (χ2v) is 4.63. The van der Waals surface area contributed by atoms with Gasteiger partial charge in [0.05, 0.1) is 13.2 Å². The second-order valence-electron chi connectivity index (χ2n) is 4.63. The number of nitrogens with zero attached hydrogens (tertiary/aromatic N) is 1. The maximum atomic E-state index is 11.0. The lowest BCUT2D eigenvalue weighted by Gasteiger charge is -2.10. The summed E-state index contributed by atoms with van der Waals surface area (Å²) in [5, 5.41) is 2.72. The molecule has 0 aliphatic heterocycles. The van der Waals surface area contributed by atoms with Gasteiger partial charge in [0.2, 0.25) is 5.91 Å². The van der Waals surface area contributed by atoms with Crippen molar-refractivity contribution in [3.05, 3.63) is 29.8 Å². The number of nitrogens with one attached hydrogen (secondary N) is 1. The van der Waals surface area contributed by atoms with Gasteiger partial charge in [-0.2, -0.15) is 0 Å². The molecule has 0 atom stereocenters. The number of carbonyl (C=O) groups excluding carboxylic acids is 1. The molecule has 106 valence electrons. The first-order valence-corrected chi connectivity index (χ1v) is 6.45. The number of hydrogen-bond donors (Lipinski definition) is 2. The zero-order chi connectivity index (χ0) is 14.1. The van der Waals surface area contributed by atoms with Crippen LogP contribution in [0.25, 0.3) is 0 Å². The van der Waals surface area contributed by atoms with E-state index in [0.29, 0.717) is 13.2 Å². The summed E-state index contributed by atoms with van der Waals surface area (Å²) >= 11 is 0. The van der Waals surface area contributed by atoms with E-state index in [1.54, 1.807) is 0 Å². The number of amides is 1. The molecule has 0 saturated heterocycles. The van der Waals surface area contributed by atoms with Crippen LogP contribution < -0.4 is 15.8 Å². The van der Waals surface area contributed by atoms with E-state index in [9.17, 15) is 4.79 Å². The average Bonchev–Trinajstić information content (AvgIpc) is 2.42. The van der Waals surface area contributed by atoms with Crippen LogP contribution in [0.15, 0.2) is 24.3 Å². The highest BCUT2D eigenvalue weighted by atomic mass is 16.5. The fourth-order valence-electron chi connectivity index (χ4n) is 1.55. The highest BCUT2D eigenvalue weighted by Gasteiger charge is 1.99. The van der Waals surface area contributed by atoms with Gasteiger partial charge >= 0.3 is 0 Å². The Morgan fingerprint density at radius 2 is 2.00 bits per heavy atom. The average molecular weight is 265 g/mol. The molecule has 0 heterocycles. The Hall–Kier alpha value is -1.59. The van der Waals surface area contributed by atoms with E-state index >= 15 is 0 Å². The molecule has 1 aromatic carbocycles. The minimum Gasteiger partial charge on any atom is -0.494 e. The monoisotopic (exact) mass is 265 g/mol. The van der Waals surface area contributed by atoms with Crippen molar-refractivity contribution >= 4 is 5.91 Å². The molecule has 0 fully saturated rings. The summed E-state index contributed by atoms with van der Waals surface area (Å²) in [7, 11) is 4.09. The number of ether oxygens (including phenoxy) is 1. The highest BCUT2D eigenvalue weighted by Crippen LogP contribution is 2.12. The van der Waals surface area contributed by atoms with Gasteiger partial charge in [0.1, 0.15) is 5.75 Å². The van der Waals surface area contributed by atoms with Crippen molar-refractivity contribution in [2.24, 2.45) is 5.73 Å². The lowest BCUT2D eigenvalue weighted by atomic mass is 10.2. The van der Waals surface area contributed by atoms with Gasteiger partial charge in [0.15, 0.2) is 0 Å². The number of hydrogen-bond acceptors (Lipinski definition) is 4. The molecule has 1 rings (SSSR count). The van der Waals surface area contributed by atoms with Crippen molar-refractivity contribution in [1.82, 2.24) is 10.2 Å². The predicted molar refractivity (Wildman–Crippen MR) is 76.0 cm³/mol. The Morgan fingerprint density at radius 1 is 1.32 bits per heavy atom. The van der Waals surface area contributed by atoms with Crippen LogP contribution in [0.2, 0.25) is 0 Å². The third-order valence-corrected chi connectivity index (χ3v) is 2.62. The van der Waals surface area contributed by atoms with Crippen LogP contribution in [0.1, 0.15) is 12.0 Å². The van der Waals surface area contributed by atoms with Crippen LogP contribution in [-0.2, 0) is 11.3 Å². The van der Waals surface area contributed by atoms with Gasteiger partial charge in [-0.1, -0.05) is 12.1 Å². The van der Waals surface area contributed by atoms with E-state index in [2.05, 4.69) is 10.2 Å². The molecule has 5 heteroatoms. The van der Waals surface area contributed by atoms with E-state index in [4.69, 9.17) is 10.5 Å². The molecule has 0 spiro atoms. The zero-order valence-corrected chi connectivity index (χ0v) is 11.7. The summed E-state index contributed by atoms with van der Waals surface area (Å²) in [5.41, 5.74) is 6.24. The summed E-state index contributed by atoms with van der Waals surface area (Å²) < 4.78 is 5.62.